The average molecular weight is 454 g/mol. The van der Waals surface area contributed by atoms with Crippen molar-refractivity contribution >= 4 is 40.2 Å². The monoisotopic (exact) mass is 453 g/mol. The van der Waals surface area contributed by atoms with E-state index in [4.69, 9.17) is 5.73 Å². The minimum absolute atomic E-state index is 0.135. The standard InChI is InChI=1S/C22H27N7O2S/c23-4-6-27-7-9-28(10-8-27)16-1-2-20-19(11-16)18(3-5-25-20)22(31)26-13-21(30)29-15-32-14-17(29)12-24/h1-3,5,11,17H,4,6-10,13-15,23H2,(H,26,31)/t17-/m1/s1. The number of aromatic nitrogens is 1. The molecule has 2 amide bonds. The van der Waals surface area contributed by atoms with Gasteiger partial charge < -0.3 is 20.9 Å². The third-order valence-electron chi connectivity index (χ3n) is 5.90. The molecule has 2 aliphatic heterocycles. The number of hydrogen-bond donors (Lipinski definition) is 2. The fraction of sp³-hybridized carbons (Fsp3) is 0.455. The molecule has 32 heavy (non-hydrogen) atoms. The van der Waals surface area contributed by atoms with Crippen molar-refractivity contribution < 1.29 is 9.59 Å². The summed E-state index contributed by atoms with van der Waals surface area (Å²) in [4.78, 5) is 35.9. The van der Waals surface area contributed by atoms with E-state index in [1.807, 2.05) is 18.2 Å². The molecule has 0 spiro atoms. The molecule has 0 aliphatic carbocycles. The van der Waals surface area contributed by atoms with Crippen molar-refractivity contribution in [2.45, 2.75) is 6.04 Å². The maximum Gasteiger partial charge on any atom is 0.252 e. The van der Waals surface area contributed by atoms with Crippen LogP contribution < -0.4 is 16.0 Å². The highest BCUT2D eigenvalue weighted by Crippen LogP contribution is 2.25. The van der Waals surface area contributed by atoms with Gasteiger partial charge in [0.05, 0.1) is 29.6 Å². The maximum absolute atomic E-state index is 12.9. The number of piperazine rings is 1. The van der Waals surface area contributed by atoms with E-state index < -0.39 is 6.04 Å². The maximum atomic E-state index is 12.9. The fourth-order valence-electron chi connectivity index (χ4n) is 4.09. The van der Waals surface area contributed by atoms with Crippen LogP contribution in [0.5, 0.6) is 0 Å². The molecule has 1 atom stereocenters. The number of thioether (sulfide) groups is 1. The summed E-state index contributed by atoms with van der Waals surface area (Å²) in [7, 11) is 0. The van der Waals surface area contributed by atoms with E-state index in [-0.39, 0.29) is 18.4 Å². The number of benzene rings is 1. The Morgan fingerprint density at radius 3 is 2.81 bits per heavy atom. The molecule has 2 aliphatic rings. The second-order valence-electron chi connectivity index (χ2n) is 7.87. The van der Waals surface area contributed by atoms with Crippen LogP contribution in [0.15, 0.2) is 30.5 Å². The number of nitrogens with two attached hydrogens (primary N) is 1. The van der Waals surface area contributed by atoms with Crippen molar-refractivity contribution in [3.05, 3.63) is 36.0 Å². The largest absolute Gasteiger partial charge is 0.369 e. The van der Waals surface area contributed by atoms with E-state index in [9.17, 15) is 14.9 Å². The molecule has 0 bridgehead atoms. The third-order valence-corrected chi connectivity index (χ3v) is 6.92. The number of carbonyl (C=O) groups is 2. The summed E-state index contributed by atoms with van der Waals surface area (Å²) >= 11 is 1.54. The number of rotatable bonds is 6. The predicted molar refractivity (Wildman–Crippen MR) is 125 cm³/mol. The smallest absolute Gasteiger partial charge is 0.252 e. The van der Waals surface area contributed by atoms with Gasteiger partial charge in [-0.2, -0.15) is 5.26 Å². The van der Waals surface area contributed by atoms with Crippen molar-refractivity contribution in [2.75, 3.05) is 62.3 Å². The molecule has 4 rings (SSSR count). The van der Waals surface area contributed by atoms with E-state index in [1.165, 1.54) is 4.90 Å². The molecule has 2 saturated heterocycles. The van der Waals surface area contributed by atoms with Crippen LogP contribution in [-0.2, 0) is 4.79 Å². The number of nitrogens with zero attached hydrogens (tertiary/aromatic N) is 5. The fourth-order valence-corrected chi connectivity index (χ4v) is 5.19. The lowest BCUT2D eigenvalue weighted by Gasteiger charge is -2.36. The topological polar surface area (TPSA) is 119 Å². The van der Waals surface area contributed by atoms with Gasteiger partial charge in [-0.3, -0.25) is 19.5 Å². The molecule has 2 aromatic rings. The SMILES string of the molecule is N#C[C@@H]1CSCN1C(=O)CNC(=O)c1ccnc2ccc(N3CCN(CCN)CC3)cc12. The van der Waals surface area contributed by atoms with Gasteiger partial charge in [-0.25, -0.2) is 0 Å². The van der Waals surface area contributed by atoms with Gasteiger partial charge in [0, 0.05) is 62.3 Å². The van der Waals surface area contributed by atoms with Gasteiger partial charge in [-0.15, -0.1) is 11.8 Å². The van der Waals surface area contributed by atoms with Crippen LogP contribution in [0.1, 0.15) is 10.4 Å². The third kappa shape index (κ3) is 4.80. The number of nitrogens with one attached hydrogen (secondary N) is 1. The number of amides is 2. The first-order valence-electron chi connectivity index (χ1n) is 10.7. The first-order valence-corrected chi connectivity index (χ1v) is 11.9. The molecule has 0 saturated carbocycles. The van der Waals surface area contributed by atoms with E-state index in [0.29, 0.717) is 23.7 Å². The molecule has 3 N–H and O–H groups in total. The number of pyridine rings is 1. The number of anilines is 1. The van der Waals surface area contributed by atoms with E-state index >= 15 is 0 Å². The summed E-state index contributed by atoms with van der Waals surface area (Å²) in [5, 5.41) is 12.6. The predicted octanol–water partition coefficient (Wildman–Crippen LogP) is 0.470. The first kappa shape index (κ1) is 22.3. The second kappa shape index (κ2) is 10.2. The van der Waals surface area contributed by atoms with Crippen molar-refractivity contribution in [2.24, 2.45) is 5.73 Å². The first-order chi connectivity index (χ1) is 15.6. The number of nitriles is 1. The Kier molecular flexibility index (Phi) is 7.09. The Morgan fingerprint density at radius 1 is 1.25 bits per heavy atom. The summed E-state index contributed by atoms with van der Waals surface area (Å²) in [6, 6.07) is 9.34. The summed E-state index contributed by atoms with van der Waals surface area (Å²) in [6.07, 6.45) is 1.60. The normalized spacial score (nSPS) is 19.2. The highest BCUT2D eigenvalue weighted by molar-refractivity contribution is 7.99. The van der Waals surface area contributed by atoms with Crippen LogP contribution in [0.25, 0.3) is 10.9 Å². The number of carbonyl (C=O) groups excluding carboxylic acids is 2. The lowest BCUT2D eigenvalue weighted by Crippen LogP contribution is -2.47. The van der Waals surface area contributed by atoms with Crippen LogP contribution in [0.2, 0.25) is 0 Å². The lowest BCUT2D eigenvalue weighted by molar-refractivity contribution is -0.129. The van der Waals surface area contributed by atoms with Gasteiger partial charge in [-0.1, -0.05) is 0 Å². The highest BCUT2D eigenvalue weighted by atomic mass is 32.2. The molecule has 1 aromatic heterocycles. The molecule has 9 nitrogen and oxygen atoms in total. The van der Waals surface area contributed by atoms with Gasteiger partial charge >= 0.3 is 0 Å². The minimum atomic E-state index is -0.431. The second-order valence-corrected chi connectivity index (χ2v) is 8.87. The van der Waals surface area contributed by atoms with E-state index in [1.54, 1.807) is 24.0 Å². The van der Waals surface area contributed by atoms with Crippen molar-refractivity contribution in [3.8, 4) is 6.07 Å². The van der Waals surface area contributed by atoms with Crippen LogP contribution in [0.3, 0.4) is 0 Å². The molecule has 3 heterocycles. The molecular formula is C22H27N7O2S. The van der Waals surface area contributed by atoms with Gasteiger partial charge in [0.1, 0.15) is 6.04 Å². The van der Waals surface area contributed by atoms with Gasteiger partial charge in [0.15, 0.2) is 0 Å². The van der Waals surface area contributed by atoms with E-state index in [2.05, 4.69) is 26.2 Å². The van der Waals surface area contributed by atoms with Crippen molar-refractivity contribution in [1.29, 1.82) is 5.26 Å². The van der Waals surface area contributed by atoms with Crippen LogP contribution in [0, 0.1) is 11.3 Å². The summed E-state index contributed by atoms with van der Waals surface area (Å²) < 4.78 is 0. The van der Waals surface area contributed by atoms with Gasteiger partial charge in [0.25, 0.3) is 5.91 Å². The Hall–Kier alpha value is -2.87. The van der Waals surface area contributed by atoms with Crippen molar-refractivity contribution in [1.82, 2.24) is 20.1 Å². The average Bonchev–Trinajstić information content (AvgIpc) is 3.31. The minimum Gasteiger partial charge on any atom is -0.369 e. The van der Waals surface area contributed by atoms with Crippen LogP contribution in [-0.4, -0.2) is 90.1 Å². The zero-order valence-corrected chi connectivity index (χ0v) is 18.7. The molecule has 0 unspecified atom stereocenters. The molecule has 1 aromatic carbocycles. The Balaban J connectivity index is 1.46. The Morgan fingerprint density at radius 2 is 2.06 bits per heavy atom. The molecule has 0 radical (unpaired) electrons. The summed E-state index contributed by atoms with van der Waals surface area (Å²) in [5.41, 5.74) is 7.93. The Labute approximate surface area is 191 Å². The van der Waals surface area contributed by atoms with Crippen LogP contribution >= 0.6 is 11.8 Å². The molecule has 10 heteroatoms. The number of hydrogen-bond acceptors (Lipinski definition) is 8. The highest BCUT2D eigenvalue weighted by Gasteiger charge is 2.29. The zero-order chi connectivity index (χ0) is 22.5. The molecule has 2 fully saturated rings. The quantitative estimate of drug-likeness (QED) is 0.648. The van der Waals surface area contributed by atoms with Gasteiger partial charge in [0.2, 0.25) is 5.91 Å². The molecule has 168 valence electrons. The van der Waals surface area contributed by atoms with E-state index in [0.717, 1.165) is 49.3 Å². The Bertz CT molecular complexity index is 1030. The molecular weight excluding hydrogens is 426 g/mol. The van der Waals surface area contributed by atoms with Crippen molar-refractivity contribution in [3.63, 3.8) is 0 Å². The van der Waals surface area contributed by atoms with Gasteiger partial charge in [-0.05, 0) is 24.3 Å². The zero-order valence-electron chi connectivity index (χ0n) is 17.9. The summed E-state index contributed by atoms with van der Waals surface area (Å²) in [5.74, 6) is 0.516. The lowest BCUT2D eigenvalue weighted by atomic mass is 10.1. The summed E-state index contributed by atoms with van der Waals surface area (Å²) in [6.45, 7) is 5.14. The van der Waals surface area contributed by atoms with Crippen LogP contribution in [0.4, 0.5) is 5.69 Å². The number of fused-ring (bicyclic) bond motifs is 1.